The third kappa shape index (κ3) is 3.55. The molecule has 2 amide bonds. The number of nitrogen functional groups attached to an aromatic ring is 1. The minimum Gasteiger partial charge on any atom is -0.497 e. The monoisotopic (exact) mass is 291 g/mol. The molecule has 0 heterocycles. The first-order valence-electron chi connectivity index (χ1n) is 5.85. The van der Waals surface area contributed by atoms with Gasteiger partial charge >= 0.3 is 6.03 Å². The number of benzene rings is 2. The quantitative estimate of drug-likeness (QED) is 0.757. The number of amides is 2. The lowest BCUT2D eigenvalue weighted by atomic mass is 10.3. The van der Waals surface area contributed by atoms with Crippen LogP contribution in [0, 0.1) is 0 Å². The normalized spacial score (nSPS) is 9.90. The molecule has 4 N–H and O–H groups in total. The highest BCUT2D eigenvalue weighted by molar-refractivity contribution is 6.34. The van der Waals surface area contributed by atoms with Crippen molar-refractivity contribution in [2.45, 2.75) is 0 Å². The van der Waals surface area contributed by atoms with E-state index < -0.39 is 6.03 Å². The van der Waals surface area contributed by atoms with E-state index >= 15 is 0 Å². The van der Waals surface area contributed by atoms with E-state index in [4.69, 9.17) is 22.1 Å². The summed E-state index contributed by atoms with van der Waals surface area (Å²) in [5.41, 5.74) is 7.23. The highest BCUT2D eigenvalue weighted by atomic mass is 35.5. The van der Waals surface area contributed by atoms with Crippen LogP contribution >= 0.6 is 11.6 Å². The average Bonchev–Trinajstić information content (AvgIpc) is 2.42. The number of halogens is 1. The largest absolute Gasteiger partial charge is 0.497 e. The number of rotatable bonds is 3. The highest BCUT2D eigenvalue weighted by Crippen LogP contribution is 2.24. The van der Waals surface area contributed by atoms with E-state index in [9.17, 15) is 4.79 Å². The summed E-state index contributed by atoms with van der Waals surface area (Å²) < 4.78 is 5.08. The maximum Gasteiger partial charge on any atom is 0.323 e. The molecule has 0 radical (unpaired) electrons. The molecule has 0 fully saturated rings. The van der Waals surface area contributed by atoms with Crippen LogP contribution in [-0.2, 0) is 0 Å². The molecule has 0 saturated carbocycles. The zero-order chi connectivity index (χ0) is 14.5. The Morgan fingerprint density at radius 3 is 2.70 bits per heavy atom. The average molecular weight is 292 g/mol. The second kappa shape index (κ2) is 6.16. The Morgan fingerprint density at radius 2 is 2.00 bits per heavy atom. The van der Waals surface area contributed by atoms with Crippen LogP contribution in [0.15, 0.2) is 42.5 Å². The van der Waals surface area contributed by atoms with Crippen molar-refractivity contribution in [3.8, 4) is 5.75 Å². The lowest BCUT2D eigenvalue weighted by molar-refractivity contribution is 0.262. The van der Waals surface area contributed by atoms with Gasteiger partial charge in [0.05, 0.1) is 17.8 Å². The Balaban J connectivity index is 2.05. The van der Waals surface area contributed by atoms with Gasteiger partial charge in [-0.1, -0.05) is 17.7 Å². The van der Waals surface area contributed by atoms with E-state index in [1.165, 1.54) is 0 Å². The smallest absolute Gasteiger partial charge is 0.323 e. The maximum absolute atomic E-state index is 11.9. The predicted octanol–water partition coefficient (Wildman–Crippen LogP) is 3.57. The molecule has 2 aromatic carbocycles. The Hall–Kier alpha value is -2.40. The third-order valence-electron chi connectivity index (χ3n) is 2.57. The van der Waals surface area contributed by atoms with Crippen molar-refractivity contribution >= 4 is 34.7 Å². The molecule has 0 aromatic heterocycles. The van der Waals surface area contributed by atoms with E-state index in [2.05, 4.69) is 10.6 Å². The van der Waals surface area contributed by atoms with Gasteiger partial charge in [0.1, 0.15) is 5.75 Å². The molecule has 5 nitrogen and oxygen atoms in total. The van der Waals surface area contributed by atoms with Crippen molar-refractivity contribution in [3.05, 3.63) is 47.5 Å². The number of nitrogens with one attached hydrogen (secondary N) is 2. The van der Waals surface area contributed by atoms with Crippen LogP contribution in [0.25, 0.3) is 0 Å². The number of hydrogen-bond acceptors (Lipinski definition) is 3. The number of ether oxygens (including phenoxy) is 1. The van der Waals surface area contributed by atoms with Crippen LogP contribution in [0.2, 0.25) is 5.02 Å². The summed E-state index contributed by atoms with van der Waals surface area (Å²) in [6, 6.07) is 11.5. The molecule has 0 aliphatic heterocycles. The van der Waals surface area contributed by atoms with Crippen LogP contribution in [-0.4, -0.2) is 13.1 Å². The van der Waals surface area contributed by atoms with Gasteiger partial charge in [-0.25, -0.2) is 4.79 Å². The van der Waals surface area contributed by atoms with Gasteiger partial charge in [0, 0.05) is 17.4 Å². The van der Waals surface area contributed by atoms with Gasteiger partial charge < -0.3 is 21.1 Å². The third-order valence-corrected chi connectivity index (χ3v) is 2.88. The molecule has 0 saturated heterocycles. The van der Waals surface area contributed by atoms with Crippen molar-refractivity contribution in [1.29, 1.82) is 0 Å². The molecule has 6 heteroatoms. The minimum atomic E-state index is -0.398. The molecule has 0 bridgehead atoms. The number of methoxy groups -OCH3 is 1. The summed E-state index contributed by atoms with van der Waals surface area (Å²) in [6.45, 7) is 0. The van der Waals surface area contributed by atoms with E-state index in [0.717, 1.165) is 0 Å². The van der Waals surface area contributed by atoms with Crippen LogP contribution in [0.3, 0.4) is 0 Å². The molecule has 2 aromatic rings. The van der Waals surface area contributed by atoms with Gasteiger partial charge in [0.15, 0.2) is 0 Å². The fourth-order valence-electron chi connectivity index (χ4n) is 1.62. The van der Waals surface area contributed by atoms with E-state index in [0.29, 0.717) is 27.8 Å². The SMILES string of the molecule is COc1cccc(NC(=O)Nc2ccc(N)cc2Cl)c1. The van der Waals surface area contributed by atoms with Gasteiger partial charge in [-0.3, -0.25) is 0 Å². The van der Waals surface area contributed by atoms with E-state index in [1.54, 1.807) is 49.6 Å². The van der Waals surface area contributed by atoms with Gasteiger partial charge in [-0.05, 0) is 30.3 Å². The topological polar surface area (TPSA) is 76.4 Å². The second-order valence-corrected chi connectivity index (χ2v) is 4.46. The summed E-state index contributed by atoms with van der Waals surface area (Å²) in [5.74, 6) is 0.660. The summed E-state index contributed by atoms with van der Waals surface area (Å²) in [4.78, 5) is 11.9. The number of nitrogens with two attached hydrogens (primary N) is 1. The first kappa shape index (κ1) is 14.0. The summed E-state index contributed by atoms with van der Waals surface area (Å²) in [7, 11) is 1.56. The van der Waals surface area contributed by atoms with Crippen molar-refractivity contribution < 1.29 is 9.53 Å². The fraction of sp³-hybridized carbons (Fsp3) is 0.0714. The standard InChI is InChI=1S/C14H14ClN3O2/c1-20-11-4-2-3-10(8-11)17-14(19)18-13-6-5-9(16)7-12(13)15/h2-8H,16H2,1H3,(H2,17,18,19). The Labute approximate surface area is 121 Å². The summed E-state index contributed by atoms with van der Waals surface area (Å²) in [6.07, 6.45) is 0. The van der Waals surface area contributed by atoms with Crippen molar-refractivity contribution in [1.82, 2.24) is 0 Å². The molecule has 0 aliphatic rings. The fourth-order valence-corrected chi connectivity index (χ4v) is 1.85. The van der Waals surface area contributed by atoms with Crippen LogP contribution in [0.1, 0.15) is 0 Å². The molecule has 2 rings (SSSR count). The zero-order valence-corrected chi connectivity index (χ0v) is 11.6. The predicted molar refractivity (Wildman–Crippen MR) is 81.5 cm³/mol. The lowest BCUT2D eigenvalue weighted by Crippen LogP contribution is -2.19. The molecule has 0 aliphatic carbocycles. The van der Waals surface area contributed by atoms with E-state index in [-0.39, 0.29) is 0 Å². The van der Waals surface area contributed by atoms with Crippen LogP contribution in [0.5, 0.6) is 5.75 Å². The van der Waals surface area contributed by atoms with E-state index in [1.807, 2.05) is 0 Å². The first-order chi connectivity index (χ1) is 9.58. The summed E-state index contributed by atoms with van der Waals surface area (Å²) >= 11 is 5.98. The zero-order valence-electron chi connectivity index (χ0n) is 10.8. The number of anilines is 3. The van der Waals surface area contributed by atoms with Crippen molar-refractivity contribution in [2.24, 2.45) is 0 Å². The number of carbonyl (C=O) groups excluding carboxylic acids is 1. The molecular weight excluding hydrogens is 278 g/mol. The van der Waals surface area contributed by atoms with Gasteiger partial charge in [-0.15, -0.1) is 0 Å². The first-order valence-corrected chi connectivity index (χ1v) is 6.23. The molecular formula is C14H14ClN3O2. The van der Waals surface area contributed by atoms with Crippen LogP contribution < -0.4 is 21.1 Å². The van der Waals surface area contributed by atoms with Gasteiger partial charge in [0.2, 0.25) is 0 Å². The van der Waals surface area contributed by atoms with Gasteiger partial charge in [-0.2, -0.15) is 0 Å². The molecule has 0 atom stereocenters. The molecule has 0 spiro atoms. The van der Waals surface area contributed by atoms with Crippen molar-refractivity contribution in [2.75, 3.05) is 23.5 Å². The minimum absolute atomic E-state index is 0.380. The number of hydrogen-bond donors (Lipinski definition) is 3. The van der Waals surface area contributed by atoms with Crippen molar-refractivity contribution in [3.63, 3.8) is 0 Å². The maximum atomic E-state index is 11.9. The highest BCUT2D eigenvalue weighted by Gasteiger charge is 2.06. The molecule has 104 valence electrons. The Kier molecular flexibility index (Phi) is 4.32. The lowest BCUT2D eigenvalue weighted by Gasteiger charge is -2.10. The molecule has 0 unspecified atom stereocenters. The Bertz CT molecular complexity index is 632. The molecule has 20 heavy (non-hydrogen) atoms. The number of urea groups is 1. The van der Waals surface area contributed by atoms with Gasteiger partial charge in [0.25, 0.3) is 0 Å². The Morgan fingerprint density at radius 1 is 1.20 bits per heavy atom. The second-order valence-electron chi connectivity index (χ2n) is 4.05. The summed E-state index contributed by atoms with van der Waals surface area (Å²) in [5, 5.41) is 5.71. The van der Waals surface area contributed by atoms with Crippen LogP contribution in [0.4, 0.5) is 21.9 Å². The number of carbonyl (C=O) groups is 1.